The van der Waals surface area contributed by atoms with Crippen molar-refractivity contribution in [3.63, 3.8) is 0 Å². The number of carbonyl (C=O) groups excluding carboxylic acids is 1. The van der Waals surface area contributed by atoms with Crippen molar-refractivity contribution >= 4 is 22.6 Å². The van der Waals surface area contributed by atoms with Gasteiger partial charge in [0.1, 0.15) is 0 Å². The predicted molar refractivity (Wildman–Crippen MR) is 179 cm³/mol. The van der Waals surface area contributed by atoms with Gasteiger partial charge in [-0.05, 0) is 66.4 Å². The third-order valence-corrected chi connectivity index (χ3v) is 21.2. The fourth-order valence-electron chi connectivity index (χ4n) is 7.64. The lowest BCUT2D eigenvalue weighted by Gasteiger charge is -2.47. The van der Waals surface area contributed by atoms with Crippen molar-refractivity contribution < 1.29 is 23.1 Å². The monoisotopic (exact) mass is 612 g/mol. The normalized spacial score (nSPS) is 23.8. The van der Waals surface area contributed by atoms with Gasteiger partial charge in [0.25, 0.3) is 0 Å². The van der Waals surface area contributed by atoms with E-state index in [9.17, 15) is 4.79 Å². The van der Waals surface area contributed by atoms with E-state index in [2.05, 4.69) is 90.0 Å². The fourth-order valence-corrected chi connectivity index (χ4v) is 16.2. The maximum Gasteiger partial charge on any atom is 0.330 e. The second-order valence-corrected chi connectivity index (χ2v) is 24.1. The zero-order valence-corrected chi connectivity index (χ0v) is 31.4. The number of carbonyl (C=O) groups is 1. The molecular weight excluding hydrogens is 545 g/mol. The quantitative estimate of drug-likeness (QED) is 0.0876. The summed E-state index contributed by atoms with van der Waals surface area (Å²) in [4.78, 5) is 12.1. The molecule has 1 saturated heterocycles. The fraction of sp³-hybridized carbons (Fsp3) is 0.912. The number of hydrogen-bond acceptors (Lipinski definition) is 5. The standard InChI is InChI=1S/C34H68O5Si2/c1-15-36-32(35)22-20-28(12)34(39-40(16-2,17-3)18-4)30(14)33-27(11)19-21-31(38-33)29(13)23-37-41(24(5)6,25(7)8)26(9)10/h20,22,24-31,33-34H,15-19,21,23H2,1-14H3/b22-20+/t27-,28-,29+,30+,31-,33-,34-/m0/s1. The van der Waals surface area contributed by atoms with Crippen molar-refractivity contribution in [2.75, 3.05) is 13.2 Å². The summed E-state index contributed by atoms with van der Waals surface area (Å²) in [5, 5.41) is 0. The summed E-state index contributed by atoms with van der Waals surface area (Å²) in [6, 6.07) is 3.30. The summed E-state index contributed by atoms with van der Waals surface area (Å²) in [6.07, 6.45) is 6.11. The molecule has 0 unspecified atom stereocenters. The molecule has 1 rings (SSSR count). The largest absolute Gasteiger partial charge is 0.463 e. The lowest BCUT2D eigenvalue weighted by atomic mass is 9.79. The first-order chi connectivity index (χ1) is 19.2. The molecule has 0 N–H and O–H groups in total. The Morgan fingerprint density at radius 1 is 0.878 bits per heavy atom. The highest BCUT2D eigenvalue weighted by molar-refractivity contribution is 6.77. The molecule has 41 heavy (non-hydrogen) atoms. The molecule has 0 aliphatic carbocycles. The van der Waals surface area contributed by atoms with E-state index in [1.807, 2.05) is 13.0 Å². The number of ether oxygens (including phenoxy) is 2. The minimum atomic E-state index is -1.92. The molecule has 0 bridgehead atoms. The molecule has 1 aliphatic rings. The average Bonchev–Trinajstić information content (AvgIpc) is 2.92. The van der Waals surface area contributed by atoms with Gasteiger partial charge in [0.15, 0.2) is 16.6 Å². The minimum absolute atomic E-state index is 0.00664. The van der Waals surface area contributed by atoms with Crippen LogP contribution in [-0.2, 0) is 23.1 Å². The van der Waals surface area contributed by atoms with Crippen molar-refractivity contribution in [2.24, 2.45) is 23.7 Å². The van der Waals surface area contributed by atoms with Crippen LogP contribution in [0.1, 0.15) is 110 Å². The molecule has 1 aliphatic heterocycles. The van der Waals surface area contributed by atoms with E-state index in [0.29, 0.717) is 35.1 Å². The highest BCUT2D eigenvalue weighted by Gasteiger charge is 2.46. The van der Waals surface area contributed by atoms with Crippen LogP contribution < -0.4 is 0 Å². The lowest BCUT2D eigenvalue weighted by Crippen LogP contribution is -2.51. The topological polar surface area (TPSA) is 54.0 Å². The molecule has 0 amide bonds. The summed E-state index contributed by atoms with van der Waals surface area (Å²) in [5.74, 6) is 0.803. The van der Waals surface area contributed by atoms with Crippen molar-refractivity contribution in [1.29, 1.82) is 0 Å². The first-order valence-corrected chi connectivity index (χ1v) is 21.6. The zero-order chi connectivity index (χ0) is 31.5. The summed E-state index contributed by atoms with van der Waals surface area (Å²) in [6.45, 7) is 33.2. The van der Waals surface area contributed by atoms with E-state index < -0.39 is 16.6 Å². The van der Waals surface area contributed by atoms with E-state index in [1.165, 1.54) is 0 Å². The molecule has 0 aromatic rings. The highest BCUT2D eigenvalue weighted by atomic mass is 28.4. The van der Waals surface area contributed by atoms with E-state index in [1.54, 1.807) is 6.08 Å². The molecular formula is C34H68O5Si2. The maximum atomic E-state index is 12.1. The lowest BCUT2D eigenvalue weighted by molar-refractivity contribution is -0.144. The Balaban J connectivity index is 3.21. The molecule has 5 nitrogen and oxygen atoms in total. The van der Waals surface area contributed by atoms with Crippen molar-refractivity contribution in [3.8, 4) is 0 Å². The number of rotatable bonds is 18. The Morgan fingerprint density at radius 2 is 1.41 bits per heavy atom. The van der Waals surface area contributed by atoms with Gasteiger partial charge in [0.2, 0.25) is 0 Å². The molecule has 1 fully saturated rings. The Bertz CT molecular complexity index is 749. The Hall–Kier alpha value is -0.476. The summed E-state index contributed by atoms with van der Waals surface area (Å²) < 4.78 is 26.4. The smallest absolute Gasteiger partial charge is 0.330 e. The molecule has 0 saturated carbocycles. The molecule has 242 valence electrons. The van der Waals surface area contributed by atoms with Crippen LogP contribution in [0, 0.1) is 23.7 Å². The van der Waals surface area contributed by atoms with Crippen LogP contribution in [0.4, 0.5) is 0 Å². The second kappa shape index (κ2) is 17.7. The molecule has 0 aromatic heterocycles. The van der Waals surface area contributed by atoms with Gasteiger partial charge in [-0.15, -0.1) is 0 Å². The zero-order valence-electron chi connectivity index (χ0n) is 29.4. The number of esters is 1. The highest BCUT2D eigenvalue weighted by Crippen LogP contribution is 2.43. The van der Waals surface area contributed by atoms with Gasteiger partial charge in [-0.3, -0.25) is 0 Å². The summed E-state index contributed by atoms with van der Waals surface area (Å²) in [5.41, 5.74) is 1.74. The van der Waals surface area contributed by atoms with Crippen molar-refractivity contribution in [3.05, 3.63) is 12.2 Å². The van der Waals surface area contributed by atoms with Gasteiger partial charge in [0, 0.05) is 24.5 Å². The van der Waals surface area contributed by atoms with Crippen molar-refractivity contribution in [1.82, 2.24) is 0 Å². The SMILES string of the molecule is CCOC(=O)/C=C/[C@H](C)[C@H](O[Si](CC)(CC)CC)[C@H](C)[C@H]1O[C@H]([C@H](C)CO[Si](C(C)C)(C(C)C)C(C)C)CC[C@@H]1C. The molecule has 7 heteroatoms. The molecule has 0 spiro atoms. The molecule has 7 atom stereocenters. The van der Waals surface area contributed by atoms with Gasteiger partial charge in [-0.2, -0.15) is 0 Å². The van der Waals surface area contributed by atoms with Gasteiger partial charge < -0.3 is 18.3 Å². The van der Waals surface area contributed by atoms with Gasteiger partial charge in [-0.25, -0.2) is 4.79 Å². The Morgan fingerprint density at radius 3 is 1.88 bits per heavy atom. The van der Waals surface area contributed by atoms with Crippen LogP contribution in [-0.4, -0.2) is 54.1 Å². The Labute approximate surface area is 257 Å². The number of hydrogen-bond donors (Lipinski definition) is 0. The van der Waals surface area contributed by atoms with E-state index >= 15 is 0 Å². The van der Waals surface area contributed by atoms with Gasteiger partial charge in [-0.1, -0.05) is 96.1 Å². The van der Waals surface area contributed by atoms with Crippen LogP contribution in [0.5, 0.6) is 0 Å². The van der Waals surface area contributed by atoms with Crippen LogP contribution >= 0.6 is 0 Å². The Kier molecular flexibility index (Phi) is 16.7. The van der Waals surface area contributed by atoms with Gasteiger partial charge >= 0.3 is 5.97 Å². The minimum Gasteiger partial charge on any atom is -0.463 e. The van der Waals surface area contributed by atoms with Crippen LogP contribution in [0.25, 0.3) is 0 Å². The van der Waals surface area contributed by atoms with Crippen LogP contribution in [0.15, 0.2) is 12.2 Å². The van der Waals surface area contributed by atoms with E-state index in [0.717, 1.165) is 37.6 Å². The van der Waals surface area contributed by atoms with Crippen LogP contribution in [0.2, 0.25) is 34.8 Å². The maximum absolute atomic E-state index is 12.1. The van der Waals surface area contributed by atoms with E-state index in [4.69, 9.17) is 18.3 Å². The third-order valence-electron chi connectivity index (χ3n) is 10.4. The summed E-state index contributed by atoms with van der Waals surface area (Å²) in [7, 11) is -3.81. The third kappa shape index (κ3) is 10.0. The average molecular weight is 613 g/mol. The molecule has 1 heterocycles. The second-order valence-electron chi connectivity index (χ2n) is 14.0. The first kappa shape index (κ1) is 38.5. The van der Waals surface area contributed by atoms with Crippen LogP contribution in [0.3, 0.4) is 0 Å². The van der Waals surface area contributed by atoms with Crippen molar-refractivity contribution in [2.45, 2.75) is 163 Å². The first-order valence-electron chi connectivity index (χ1n) is 17.0. The summed E-state index contributed by atoms with van der Waals surface area (Å²) >= 11 is 0. The molecule has 0 aromatic carbocycles. The molecule has 0 radical (unpaired) electrons. The predicted octanol–water partition coefficient (Wildman–Crippen LogP) is 9.78. The van der Waals surface area contributed by atoms with E-state index in [-0.39, 0.29) is 36.1 Å². The van der Waals surface area contributed by atoms with Gasteiger partial charge in [0.05, 0.1) is 24.9 Å².